The predicted molar refractivity (Wildman–Crippen MR) is 81.9 cm³/mol. The summed E-state index contributed by atoms with van der Waals surface area (Å²) < 4.78 is 5.29. The maximum atomic E-state index is 11.5. The van der Waals surface area contributed by atoms with Crippen LogP contribution in [-0.2, 0) is 16.1 Å². The van der Waals surface area contributed by atoms with Crippen LogP contribution >= 0.6 is 0 Å². The standard InChI is InChI=1S/C16H25N2O2.2Rb/c1-14(2)11-17-9-6-10-20-13-16(19)18-12-15-7-4-3-5-8-15;;/h3-5,7-8,14H,6,9-13H2,1-2H3,(H,18,19);;/q-1;2*+1/p-1. The zero-order chi connectivity index (χ0) is 14.6. The number of hydrogen-bond acceptors (Lipinski definition) is 2. The Kier molecular flexibility index (Phi) is 21.7. The van der Waals surface area contributed by atoms with E-state index < -0.39 is 0 Å². The first-order valence-corrected chi connectivity index (χ1v) is 7.13. The number of rotatable bonds is 10. The van der Waals surface area contributed by atoms with E-state index in [-0.39, 0.29) is 129 Å². The summed E-state index contributed by atoms with van der Waals surface area (Å²) in [4.78, 5) is 11.5. The molecule has 6 heteroatoms. The Bertz CT molecular complexity index is 376. The summed E-state index contributed by atoms with van der Waals surface area (Å²) in [5.74, 6) is 0.405. The van der Waals surface area contributed by atoms with E-state index in [1.165, 1.54) is 0 Å². The number of benzene rings is 1. The molecule has 0 aliphatic carbocycles. The van der Waals surface area contributed by atoms with Crippen molar-refractivity contribution in [2.24, 2.45) is 5.92 Å². The molecule has 0 spiro atoms. The zero-order valence-corrected chi connectivity index (χ0v) is 24.2. The molecular formula is C16H24N2O2Rb2. The molecule has 1 amide bonds. The summed E-state index contributed by atoms with van der Waals surface area (Å²) in [7, 11) is 0. The van der Waals surface area contributed by atoms with Gasteiger partial charge in [0.05, 0.1) is 12.5 Å². The van der Waals surface area contributed by atoms with Gasteiger partial charge >= 0.3 is 116 Å². The summed E-state index contributed by atoms with van der Waals surface area (Å²) >= 11 is 0. The summed E-state index contributed by atoms with van der Waals surface area (Å²) in [5.41, 5.74) is 1.04. The minimum Gasteiger partial charge on any atom is -0.662 e. The van der Waals surface area contributed by atoms with Gasteiger partial charge in [-0.3, -0.25) is 0 Å². The second kappa shape index (κ2) is 18.0. The molecule has 0 aliphatic rings. The molecule has 112 valence electrons. The van der Waals surface area contributed by atoms with E-state index in [9.17, 15) is 4.79 Å². The number of carbonyl (C=O) groups excluding carboxylic acids is 1. The largest absolute Gasteiger partial charge is 1.00 e. The van der Waals surface area contributed by atoms with Crippen molar-refractivity contribution in [2.45, 2.75) is 26.8 Å². The van der Waals surface area contributed by atoms with Crippen LogP contribution in [0.5, 0.6) is 0 Å². The van der Waals surface area contributed by atoms with Crippen molar-refractivity contribution in [3.63, 3.8) is 0 Å². The number of carbonyl (C=O) groups is 1. The molecule has 0 fully saturated rings. The Morgan fingerprint density at radius 1 is 1.18 bits per heavy atom. The fourth-order valence-electron chi connectivity index (χ4n) is 1.60. The molecule has 0 aromatic heterocycles. The summed E-state index contributed by atoms with van der Waals surface area (Å²) in [6.07, 6.45) is 0.860. The molecule has 22 heavy (non-hydrogen) atoms. The molecule has 1 aromatic carbocycles. The molecule has 0 heterocycles. The van der Waals surface area contributed by atoms with Gasteiger partial charge in [-0.15, -0.1) is 19.6 Å². The number of nitrogens with zero attached hydrogens (tertiary/aromatic N) is 2. The maximum Gasteiger partial charge on any atom is 1.00 e. The predicted octanol–water partition coefficient (Wildman–Crippen LogP) is -2.47. The molecule has 0 radical (unpaired) electrons. The molecule has 0 bridgehead atoms. The van der Waals surface area contributed by atoms with Crippen LogP contribution in [0.1, 0.15) is 25.8 Å². The van der Waals surface area contributed by atoms with Gasteiger partial charge in [0, 0.05) is 6.61 Å². The maximum absolute atomic E-state index is 11.5. The molecule has 1 aromatic rings. The van der Waals surface area contributed by atoms with Crippen LogP contribution in [0.2, 0.25) is 0 Å². The summed E-state index contributed by atoms with van der Waals surface area (Å²) in [6.45, 7) is 7.04. The molecule has 0 unspecified atom stereocenters. The van der Waals surface area contributed by atoms with E-state index >= 15 is 0 Å². The van der Waals surface area contributed by atoms with E-state index in [2.05, 4.69) is 24.5 Å². The van der Waals surface area contributed by atoms with Gasteiger partial charge in [0.25, 0.3) is 0 Å². The van der Waals surface area contributed by atoms with Gasteiger partial charge < -0.3 is 20.2 Å². The minimum atomic E-state index is -0.201. The molecular weight excluding hydrogens is 423 g/mol. The first kappa shape index (κ1) is 26.4. The van der Waals surface area contributed by atoms with Gasteiger partial charge in [-0.25, -0.2) is 0 Å². The normalized spacial score (nSPS) is 9.77. The smallest absolute Gasteiger partial charge is 0.662 e. The molecule has 1 rings (SSSR count). The van der Waals surface area contributed by atoms with Crippen molar-refractivity contribution in [1.29, 1.82) is 0 Å². The van der Waals surface area contributed by atoms with E-state index in [1.54, 1.807) is 0 Å². The summed E-state index contributed by atoms with van der Waals surface area (Å²) in [6, 6.07) is 9.72. The van der Waals surface area contributed by atoms with Crippen LogP contribution in [0.25, 0.3) is 10.6 Å². The first-order chi connectivity index (χ1) is 9.68. The van der Waals surface area contributed by atoms with E-state index in [0.29, 0.717) is 19.1 Å². The fourth-order valence-corrected chi connectivity index (χ4v) is 1.60. The molecule has 0 saturated carbocycles. The monoisotopic (exact) mass is 446 g/mol. The SMILES string of the molecule is CC(C)C[N-]CCCOCC(=O)[N-]Cc1ccccc1.[Rb+].[Rb+]. The fraction of sp³-hybridized carbons (Fsp3) is 0.562. The zero-order valence-electron chi connectivity index (χ0n) is 14.4. The van der Waals surface area contributed by atoms with Crippen LogP contribution < -0.4 is 116 Å². The Balaban J connectivity index is 0. The average molecular weight is 447 g/mol. The molecule has 4 nitrogen and oxygen atoms in total. The third kappa shape index (κ3) is 15.7. The Morgan fingerprint density at radius 2 is 1.86 bits per heavy atom. The van der Waals surface area contributed by atoms with Gasteiger partial charge in [-0.2, -0.15) is 0 Å². The first-order valence-electron chi connectivity index (χ1n) is 7.13. The van der Waals surface area contributed by atoms with Gasteiger partial charge in [-0.05, 0) is 6.42 Å². The van der Waals surface area contributed by atoms with Crippen LogP contribution in [-0.4, -0.2) is 32.2 Å². The van der Waals surface area contributed by atoms with Gasteiger partial charge in [-0.1, -0.05) is 55.7 Å². The third-order valence-electron chi connectivity index (χ3n) is 2.61. The Hall–Kier alpha value is 2.22. The van der Waals surface area contributed by atoms with Crippen molar-refractivity contribution < 1.29 is 126 Å². The van der Waals surface area contributed by atoms with Crippen molar-refractivity contribution in [3.05, 3.63) is 46.5 Å². The van der Waals surface area contributed by atoms with E-state index in [0.717, 1.165) is 25.1 Å². The number of amides is 1. The number of hydrogen-bond donors (Lipinski definition) is 0. The van der Waals surface area contributed by atoms with Gasteiger partial charge in [0.2, 0.25) is 0 Å². The van der Waals surface area contributed by atoms with Crippen LogP contribution in [0, 0.1) is 5.92 Å². The molecule has 0 aliphatic heterocycles. The van der Waals surface area contributed by atoms with Crippen molar-refractivity contribution in [1.82, 2.24) is 0 Å². The van der Waals surface area contributed by atoms with Gasteiger partial charge in [0.15, 0.2) is 0 Å². The van der Waals surface area contributed by atoms with Crippen molar-refractivity contribution in [2.75, 3.05) is 26.3 Å². The topological polar surface area (TPSA) is 54.5 Å². The molecule has 0 saturated heterocycles. The van der Waals surface area contributed by atoms with Crippen molar-refractivity contribution >= 4 is 5.91 Å². The van der Waals surface area contributed by atoms with Crippen LogP contribution in [0.3, 0.4) is 0 Å². The van der Waals surface area contributed by atoms with E-state index in [1.807, 2.05) is 30.3 Å². The second-order valence-electron chi connectivity index (χ2n) is 5.13. The van der Waals surface area contributed by atoms with Crippen LogP contribution in [0.4, 0.5) is 0 Å². The number of ether oxygens (including phenoxy) is 1. The quantitative estimate of drug-likeness (QED) is 0.374. The van der Waals surface area contributed by atoms with Gasteiger partial charge in [0.1, 0.15) is 0 Å². The molecule has 0 atom stereocenters. The third-order valence-corrected chi connectivity index (χ3v) is 2.61. The Labute approximate surface area is 232 Å². The average Bonchev–Trinajstić information content (AvgIpc) is 2.45. The van der Waals surface area contributed by atoms with Crippen molar-refractivity contribution in [3.8, 4) is 0 Å². The van der Waals surface area contributed by atoms with Crippen LogP contribution in [0.15, 0.2) is 30.3 Å². The molecule has 0 N–H and O–H groups in total. The second-order valence-corrected chi connectivity index (χ2v) is 5.13. The Morgan fingerprint density at radius 3 is 2.50 bits per heavy atom. The van der Waals surface area contributed by atoms with E-state index in [4.69, 9.17) is 4.74 Å². The minimum absolute atomic E-state index is 0. The summed E-state index contributed by atoms with van der Waals surface area (Å²) in [5, 5.41) is 8.34.